The Bertz CT molecular complexity index is 595. The zero-order valence-corrected chi connectivity index (χ0v) is 16.0. The number of carbonyl (C=O) groups excluding carboxylic acids is 2. The van der Waals surface area contributed by atoms with Crippen LogP contribution >= 0.6 is 15.9 Å². The summed E-state index contributed by atoms with van der Waals surface area (Å²) in [4.78, 5) is 24.5. The molecule has 0 saturated carbocycles. The molecule has 1 aromatic rings. The van der Waals surface area contributed by atoms with Crippen molar-refractivity contribution in [3.63, 3.8) is 0 Å². The van der Waals surface area contributed by atoms with E-state index < -0.39 is 23.1 Å². The highest BCUT2D eigenvalue weighted by atomic mass is 79.9. The predicted octanol–water partition coefficient (Wildman–Crippen LogP) is 3.16. The average molecular weight is 386 g/mol. The number of alkyl halides is 1. The fourth-order valence-electron chi connectivity index (χ4n) is 1.94. The van der Waals surface area contributed by atoms with Gasteiger partial charge in [-0.05, 0) is 58.2 Å². The normalized spacial score (nSPS) is 14.1. The molecule has 0 amide bonds. The van der Waals surface area contributed by atoms with Crippen LogP contribution in [0.25, 0.3) is 0 Å². The molecule has 128 valence electrons. The number of carbonyl (C=O) groups is 2. The molecule has 1 rings (SSSR count). The number of aryl methyl sites for hydroxylation is 2. The Labute approximate surface area is 145 Å². The Morgan fingerprint density at radius 1 is 1.09 bits per heavy atom. The Morgan fingerprint density at radius 3 is 1.96 bits per heavy atom. The first-order chi connectivity index (χ1) is 10.4. The second-order valence-electron chi connectivity index (χ2n) is 6.79. The minimum Gasteiger partial charge on any atom is -0.458 e. The third-order valence-electron chi connectivity index (χ3n) is 3.12. The molecular formula is C17H24BrNO4. The summed E-state index contributed by atoms with van der Waals surface area (Å²) in [5.74, 6) is -1.24. The van der Waals surface area contributed by atoms with E-state index in [0.717, 1.165) is 16.7 Å². The molecule has 0 aliphatic heterocycles. The van der Waals surface area contributed by atoms with Crippen LogP contribution in [0.1, 0.15) is 44.4 Å². The Balaban J connectivity index is 3.01. The number of halogens is 1. The zero-order valence-electron chi connectivity index (χ0n) is 14.5. The van der Waals surface area contributed by atoms with Gasteiger partial charge in [-0.15, -0.1) is 0 Å². The fourth-order valence-corrected chi connectivity index (χ4v) is 2.27. The van der Waals surface area contributed by atoms with Gasteiger partial charge in [0.2, 0.25) is 5.54 Å². The Morgan fingerprint density at radius 2 is 1.57 bits per heavy atom. The van der Waals surface area contributed by atoms with Gasteiger partial charge < -0.3 is 15.2 Å². The molecule has 0 aliphatic rings. The monoisotopic (exact) mass is 385 g/mol. The maximum Gasteiger partial charge on any atom is 0.342 e. The van der Waals surface area contributed by atoms with Crippen LogP contribution in [0.2, 0.25) is 0 Å². The first-order valence-electron chi connectivity index (χ1n) is 7.29. The van der Waals surface area contributed by atoms with Crippen LogP contribution in [0, 0.1) is 13.8 Å². The summed E-state index contributed by atoms with van der Waals surface area (Å²) >= 11 is 3.39. The molecule has 0 radical (unpaired) electrons. The summed E-state index contributed by atoms with van der Waals surface area (Å²) in [6.45, 7) is 10.1. The van der Waals surface area contributed by atoms with Gasteiger partial charge in [0.05, 0.1) is 0 Å². The highest BCUT2D eigenvalue weighted by Crippen LogP contribution is 2.27. The molecule has 0 saturated heterocycles. The van der Waals surface area contributed by atoms with Crippen LogP contribution in [0.5, 0.6) is 5.75 Å². The molecule has 0 heterocycles. The minimum atomic E-state index is -1.87. The minimum absolute atomic E-state index is 0.417. The van der Waals surface area contributed by atoms with Crippen molar-refractivity contribution in [2.45, 2.75) is 58.0 Å². The van der Waals surface area contributed by atoms with Crippen molar-refractivity contribution < 1.29 is 19.1 Å². The number of rotatable bonds is 4. The lowest BCUT2D eigenvalue weighted by molar-refractivity contribution is -0.167. The van der Waals surface area contributed by atoms with E-state index in [0.29, 0.717) is 11.1 Å². The molecule has 6 heteroatoms. The highest BCUT2D eigenvalue weighted by Gasteiger charge is 2.42. The van der Waals surface area contributed by atoms with E-state index in [-0.39, 0.29) is 0 Å². The molecule has 0 spiro atoms. The average Bonchev–Trinajstić information content (AvgIpc) is 2.40. The van der Waals surface area contributed by atoms with Gasteiger partial charge in [0, 0.05) is 5.33 Å². The van der Waals surface area contributed by atoms with E-state index in [4.69, 9.17) is 15.2 Å². The molecular weight excluding hydrogens is 362 g/mol. The molecule has 1 atom stereocenters. The second kappa shape index (κ2) is 7.01. The van der Waals surface area contributed by atoms with Crippen LogP contribution in [0.15, 0.2) is 12.1 Å². The summed E-state index contributed by atoms with van der Waals surface area (Å²) in [6.07, 6.45) is 0. The van der Waals surface area contributed by atoms with Gasteiger partial charge in [-0.25, -0.2) is 9.59 Å². The zero-order chi connectivity index (χ0) is 18.0. The quantitative estimate of drug-likeness (QED) is 0.372. The molecule has 1 aromatic carbocycles. The molecule has 0 aromatic heterocycles. The molecule has 1 unspecified atom stereocenters. The van der Waals surface area contributed by atoms with Crippen molar-refractivity contribution >= 4 is 27.9 Å². The number of benzene rings is 1. The van der Waals surface area contributed by atoms with Crippen molar-refractivity contribution in [1.29, 1.82) is 0 Å². The van der Waals surface area contributed by atoms with Crippen LogP contribution in [0.4, 0.5) is 0 Å². The van der Waals surface area contributed by atoms with Gasteiger partial charge in [-0.2, -0.15) is 0 Å². The molecule has 0 aliphatic carbocycles. The van der Waals surface area contributed by atoms with Crippen molar-refractivity contribution in [3.05, 3.63) is 28.8 Å². The SMILES string of the molecule is Cc1cc(CBr)cc(C)c1OC(=O)C(C)(N)C(=O)OC(C)(C)C. The summed E-state index contributed by atoms with van der Waals surface area (Å²) < 4.78 is 10.6. The van der Waals surface area contributed by atoms with Gasteiger partial charge in [0.1, 0.15) is 11.4 Å². The van der Waals surface area contributed by atoms with E-state index in [9.17, 15) is 9.59 Å². The van der Waals surface area contributed by atoms with Crippen molar-refractivity contribution in [3.8, 4) is 5.75 Å². The van der Waals surface area contributed by atoms with E-state index in [1.165, 1.54) is 6.92 Å². The van der Waals surface area contributed by atoms with Crippen LogP contribution < -0.4 is 10.5 Å². The van der Waals surface area contributed by atoms with Crippen molar-refractivity contribution in [2.75, 3.05) is 0 Å². The number of nitrogens with two attached hydrogens (primary N) is 1. The number of esters is 2. The standard InChI is InChI=1S/C17H24BrNO4/c1-10-7-12(9-18)8-11(2)13(10)22-14(20)17(6,19)15(21)23-16(3,4)5/h7-8H,9,19H2,1-6H3. The smallest absolute Gasteiger partial charge is 0.342 e. The Kier molecular flexibility index (Phi) is 5.99. The largest absolute Gasteiger partial charge is 0.458 e. The summed E-state index contributed by atoms with van der Waals surface area (Å²) in [5, 5.41) is 0.704. The first kappa shape index (κ1) is 19.6. The maximum atomic E-state index is 12.4. The van der Waals surface area contributed by atoms with E-state index in [1.807, 2.05) is 26.0 Å². The third kappa shape index (κ3) is 5.04. The van der Waals surface area contributed by atoms with E-state index in [1.54, 1.807) is 20.8 Å². The van der Waals surface area contributed by atoms with Gasteiger partial charge >= 0.3 is 11.9 Å². The molecule has 0 bridgehead atoms. The van der Waals surface area contributed by atoms with Crippen molar-refractivity contribution in [2.24, 2.45) is 5.73 Å². The van der Waals surface area contributed by atoms with Crippen LogP contribution in [-0.2, 0) is 19.7 Å². The molecule has 0 fully saturated rings. The summed E-state index contributed by atoms with van der Waals surface area (Å²) in [7, 11) is 0. The summed E-state index contributed by atoms with van der Waals surface area (Å²) in [5.41, 5.74) is 5.92. The van der Waals surface area contributed by atoms with Gasteiger partial charge in [-0.1, -0.05) is 28.1 Å². The number of hydrogen-bond donors (Lipinski definition) is 1. The molecule has 2 N–H and O–H groups in total. The lowest BCUT2D eigenvalue weighted by Gasteiger charge is -2.27. The summed E-state index contributed by atoms with van der Waals surface area (Å²) in [6, 6.07) is 3.82. The first-order valence-corrected chi connectivity index (χ1v) is 8.41. The lowest BCUT2D eigenvalue weighted by Crippen LogP contribution is -2.56. The topological polar surface area (TPSA) is 78.6 Å². The van der Waals surface area contributed by atoms with Gasteiger partial charge in [0.25, 0.3) is 0 Å². The fraction of sp³-hybridized carbons (Fsp3) is 0.529. The molecule has 5 nitrogen and oxygen atoms in total. The highest BCUT2D eigenvalue weighted by molar-refractivity contribution is 9.08. The predicted molar refractivity (Wildman–Crippen MR) is 92.6 cm³/mol. The lowest BCUT2D eigenvalue weighted by atomic mass is 10.0. The van der Waals surface area contributed by atoms with Crippen molar-refractivity contribution in [1.82, 2.24) is 0 Å². The number of hydrogen-bond acceptors (Lipinski definition) is 5. The van der Waals surface area contributed by atoms with E-state index >= 15 is 0 Å². The number of ether oxygens (including phenoxy) is 2. The van der Waals surface area contributed by atoms with Crippen LogP contribution in [-0.4, -0.2) is 23.1 Å². The maximum absolute atomic E-state index is 12.4. The second-order valence-corrected chi connectivity index (χ2v) is 7.35. The Hall–Kier alpha value is -1.40. The third-order valence-corrected chi connectivity index (χ3v) is 3.76. The van der Waals surface area contributed by atoms with Gasteiger partial charge in [-0.3, -0.25) is 0 Å². The van der Waals surface area contributed by atoms with E-state index in [2.05, 4.69) is 15.9 Å². The molecule has 23 heavy (non-hydrogen) atoms. The van der Waals surface area contributed by atoms with Gasteiger partial charge in [0.15, 0.2) is 0 Å². The van der Waals surface area contributed by atoms with Crippen LogP contribution in [0.3, 0.4) is 0 Å².